The van der Waals surface area contributed by atoms with Crippen LogP contribution in [0.2, 0.25) is 0 Å². The molecule has 0 unspecified atom stereocenters. The second kappa shape index (κ2) is 7.21. The van der Waals surface area contributed by atoms with Gasteiger partial charge in [-0.2, -0.15) is 0 Å². The first-order valence-electron chi connectivity index (χ1n) is 11.4. The third kappa shape index (κ3) is 3.05. The largest absolute Gasteiger partial charge is 0.396 e. The van der Waals surface area contributed by atoms with Crippen molar-refractivity contribution < 1.29 is 15.0 Å². The van der Waals surface area contributed by atoms with E-state index in [0.29, 0.717) is 30.6 Å². The van der Waals surface area contributed by atoms with E-state index in [9.17, 15) is 15.0 Å². The number of carbonyl (C=O) groups is 1. The normalized spacial score (nSPS) is 36.4. The summed E-state index contributed by atoms with van der Waals surface area (Å²) in [4.78, 5) is 12.1. The summed E-state index contributed by atoms with van der Waals surface area (Å²) in [5.41, 5.74) is 6.82. The van der Waals surface area contributed by atoms with Crippen LogP contribution in [0, 0.1) is 17.3 Å². The summed E-state index contributed by atoms with van der Waals surface area (Å²) in [5.74, 6) is 1.70. The standard InChI is InChI=1S/C26H32O3/c1-26-15-22(17-4-2-16(3-5-17)12-13-27)25-20-9-7-19(28)14-18(20)6-8-21(25)23(26)10-11-24(26)29/h2-5,14,21-24,27,29H,6-13,15H2,1H3/t21-,22+,23-,24-,26-/m0/s1. The van der Waals surface area contributed by atoms with Crippen molar-refractivity contribution in [3.05, 3.63) is 58.2 Å². The fourth-order valence-corrected chi connectivity index (χ4v) is 6.98. The summed E-state index contributed by atoms with van der Waals surface area (Å²) in [6.45, 7) is 2.49. The van der Waals surface area contributed by atoms with E-state index in [1.807, 2.05) is 6.08 Å². The van der Waals surface area contributed by atoms with Crippen molar-refractivity contribution in [2.24, 2.45) is 17.3 Å². The van der Waals surface area contributed by atoms with Gasteiger partial charge in [0, 0.05) is 18.9 Å². The van der Waals surface area contributed by atoms with Crippen molar-refractivity contribution >= 4 is 5.78 Å². The van der Waals surface area contributed by atoms with Crippen LogP contribution in [0.5, 0.6) is 0 Å². The van der Waals surface area contributed by atoms with Crippen LogP contribution in [0.3, 0.4) is 0 Å². The van der Waals surface area contributed by atoms with Gasteiger partial charge in [0.05, 0.1) is 6.10 Å². The van der Waals surface area contributed by atoms with Gasteiger partial charge in [-0.15, -0.1) is 0 Å². The van der Waals surface area contributed by atoms with E-state index >= 15 is 0 Å². The SMILES string of the molecule is C[C@]12C[C@H](c3ccc(CCO)cc3)C3=C4CCC(=O)C=C4CC[C@H]3[C@@H]1CC[C@@H]2O. The molecule has 0 spiro atoms. The number of fused-ring (bicyclic) bond motifs is 4. The molecule has 5 rings (SSSR count). The lowest BCUT2D eigenvalue weighted by Gasteiger charge is -2.52. The van der Waals surface area contributed by atoms with E-state index in [1.165, 1.54) is 22.3 Å². The summed E-state index contributed by atoms with van der Waals surface area (Å²) in [5, 5.41) is 20.2. The molecular formula is C26H32O3. The van der Waals surface area contributed by atoms with Crippen molar-refractivity contribution in [1.29, 1.82) is 0 Å². The maximum Gasteiger partial charge on any atom is 0.156 e. The monoisotopic (exact) mass is 392 g/mol. The Morgan fingerprint density at radius 1 is 1.07 bits per heavy atom. The molecule has 3 nitrogen and oxygen atoms in total. The smallest absolute Gasteiger partial charge is 0.156 e. The number of ketones is 1. The zero-order valence-corrected chi connectivity index (χ0v) is 17.4. The topological polar surface area (TPSA) is 57.5 Å². The van der Waals surface area contributed by atoms with E-state index in [4.69, 9.17) is 0 Å². The molecule has 0 bridgehead atoms. The van der Waals surface area contributed by atoms with Crippen LogP contribution in [-0.4, -0.2) is 28.7 Å². The quantitative estimate of drug-likeness (QED) is 0.797. The molecule has 154 valence electrons. The van der Waals surface area contributed by atoms with Crippen LogP contribution in [0.25, 0.3) is 0 Å². The molecule has 0 amide bonds. The minimum absolute atomic E-state index is 0.0190. The van der Waals surface area contributed by atoms with Crippen LogP contribution in [-0.2, 0) is 11.2 Å². The molecule has 4 aliphatic rings. The molecule has 0 aliphatic heterocycles. The molecular weight excluding hydrogens is 360 g/mol. The summed E-state index contributed by atoms with van der Waals surface area (Å²) >= 11 is 0. The van der Waals surface area contributed by atoms with Crippen molar-refractivity contribution in [1.82, 2.24) is 0 Å². The maximum absolute atomic E-state index is 12.1. The Balaban J connectivity index is 1.62. The molecule has 3 heteroatoms. The third-order valence-electron chi connectivity index (χ3n) is 8.46. The number of hydrogen-bond acceptors (Lipinski definition) is 3. The predicted molar refractivity (Wildman–Crippen MR) is 114 cm³/mol. The molecule has 29 heavy (non-hydrogen) atoms. The Morgan fingerprint density at radius 3 is 2.62 bits per heavy atom. The Morgan fingerprint density at radius 2 is 1.86 bits per heavy atom. The summed E-state index contributed by atoms with van der Waals surface area (Å²) in [7, 11) is 0. The van der Waals surface area contributed by atoms with Gasteiger partial charge in [0.25, 0.3) is 0 Å². The number of aliphatic hydroxyl groups is 2. The highest BCUT2D eigenvalue weighted by atomic mass is 16.3. The number of allylic oxidation sites excluding steroid dienone is 4. The molecule has 0 aromatic heterocycles. The molecule has 1 aromatic carbocycles. The second-order valence-corrected chi connectivity index (χ2v) is 9.89. The van der Waals surface area contributed by atoms with E-state index in [2.05, 4.69) is 31.2 Å². The van der Waals surface area contributed by atoms with E-state index in [-0.39, 0.29) is 23.9 Å². The first-order chi connectivity index (χ1) is 14.0. The van der Waals surface area contributed by atoms with E-state index in [0.717, 1.165) is 38.5 Å². The van der Waals surface area contributed by atoms with E-state index in [1.54, 1.807) is 5.57 Å². The van der Waals surface area contributed by atoms with Gasteiger partial charge in [-0.1, -0.05) is 36.8 Å². The highest BCUT2D eigenvalue weighted by molar-refractivity contribution is 5.93. The average molecular weight is 393 g/mol. The first kappa shape index (κ1) is 19.3. The van der Waals surface area contributed by atoms with Crippen molar-refractivity contribution in [3.8, 4) is 0 Å². The lowest BCUT2D eigenvalue weighted by atomic mass is 9.53. The molecule has 2 saturated carbocycles. The molecule has 0 heterocycles. The Bertz CT molecular complexity index is 878. The fraction of sp³-hybridized carbons (Fsp3) is 0.577. The molecule has 2 fully saturated rings. The molecule has 4 aliphatic carbocycles. The van der Waals surface area contributed by atoms with Gasteiger partial charge >= 0.3 is 0 Å². The first-order valence-corrected chi connectivity index (χ1v) is 11.4. The van der Waals surface area contributed by atoms with Gasteiger partial charge in [-0.25, -0.2) is 0 Å². The minimum atomic E-state index is -0.208. The van der Waals surface area contributed by atoms with E-state index < -0.39 is 0 Å². The third-order valence-corrected chi connectivity index (χ3v) is 8.46. The van der Waals surface area contributed by atoms with Crippen molar-refractivity contribution in [3.63, 3.8) is 0 Å². The number of rotatable bonds is 3. The molecule has 1 aromatic rings. The number of carbonyl (C=O) groups excluding carboxylic acids is 1. The van der Waals surface area contributed by atoms with Crippen LogP contribution >= 0.6 is 0 Å². The van der Waals surface area contributed by atoms with Crippen LogP contribution in [0.4, 0.5) is 0 Å². The van der Waals surface area contributed by atoms with Gasteiger partial charge < -0.3 is 10.2 Å². The van der Waals surface area contributed by atoms with Crippen LogP contribution < -0.4 is 0 Å². The average Bonchev–Trinajstić information content (AvgIpc) is 3.02. The number of benzene rings is 1. The zero-order valence-electron chi connectivity index (χ0n) is 17.4. The second-order valence-electron chi connectivity index (χ2n) is 9.89. The van der Waals surface area contributed by atoms with Gasteiger partial charge in [0.15, 0.2) is 5.78 Å². The lowest BCUT2D eigenvalue weighted by molar-refractivity contribution is -0.114. The molecule has 2 N–H and O–H groups in total. The Labute approximate surface area is 173 Å². The Hall–Kier alpha value is -1.71. The van der Waals surface area contributed by atoms with Crippen LogP contribution in [0.15, 0.2) is 47.1 Å². The summed E-state index contributed by atoms with van der Waals surface area (Å²) in [6.07, 6.45) is 9.10. The predicted octanol–water partition coefficient (Wildman–Crippen LogP) is 4.48. The van der Waals surface area contributed by atoms with Gasteiger partial charge in [-0.05, 0) is 90.5 Å². The number of aliphatic hydroxyl groups excluding tert-OH is 2. The fourth-order valence-electron chi connectivity index (χ4n) is 6.98. The molecule has 5 atom stereocenters. The van der Waals surface area contributed by atoms with Gasteiger partial charge in [0.2, 0.25) is 0 Å². The van der Waals surface area contributed by atoms with Crippen molar-refractivity contribution in [2.45, 2.75) is 70.3 Å². The highest BCUT2D eigenvalue weighted by Crippen LogP contribution is 2.63. The number of hydrogen-bond donors (Lipinski definition) is 2. The highest BCUT2D eigenvalue weighted by Gasteiger charge is 2.56. The summed E-state index contributed by atoms with van der Waals surface area (Å²) < 4.78 is 0. The zero-order chi connectivity index (χ0) is 20.2. The molecule has 0 saturated heterocycles. The lowest BCUT2D eigenvalue weighted by Crippen LogP contribution is -2.45. The summed E-state index contributed by atoms with van der Waals surface area (Å²) in [6, 6.07) is 8.76. The minimum Gasteiger partial charge on any atom is -0.396 e. The van der Waals surface area contributed by atoms with Gasteiger partial charge in [0.1, 0.15) is 0 Å². The Kier molecular flexibility index (Phi) is 4.79. The maximum atomic E-state index is 12.1. The molecule has 0 radical (unpaired) electrons. The van der Waals surface area contributed by atoms with Gasteiger partial charge in [-0.3, -0.25) is 4.79 Å². The van der Waals surface area contributed by atoms with Crippen molar-refractivity contribution in [2.75, 3.05) is 6.61 Å². The van der Waals surface area contributed by atoms with Crippen LogP contribution in [0.1, 0.15) is 68.9 Å².